The van der Waals surface area contributed by atoms with Crippen LogP contribution in [-0.2, 0) is 6.54 Å². The first-order chi connectivity index (χ1) is 14.6. The Kier molecular flexibility index (Phi) is 6.05. The van der Waals surface area contributed by atoms with Gasteiger partial charge in [0, 0.05) is 29.0 Å². The number of hydrogen-bond acceptors (Lipinski definition) is 4. The first-order valence-electron chi connectivity index (χ1n) is 9.98. The molecule has 4 aromatic rings. The van der Waals surface area contributed by atoms with Gasteiger partial charge in [-0.1, -0.05) is 50.2 Å². The number of pyridine rings is 1. The summed E-state index contributed by atoms with van der Waals surface area (Å²) in [5.41, 5.74) is 3.15. The summed E-state index contributed by atoms with van der Waals surface area (Å²) >= 11 is 1.66. The first-order valence-corrected chi connectivity index (χ1v) is 10.9. The highest BCUT2D eigenvalue weighted by molar-refractivity contribution is 7.10. The van der Waals surface area contributed by atoms with Gasteiger partial charge in [-0.15, -0.1) is 11.3 Å². The van der Waals surface area contributed by atoms with Crippen molar-refractivity contribution in [3.63, 3.8) is 0 Å². The maximum absolute atomic E-state index is 13.3. The van der Waals surface area contributed by atoms with Crippen LogP contribution in [-0.4, -0.2) is 20.7 Å². The number of thiophene rings is 1. The van der Waals surface area contributed by atoms with Crippen molar-refractivity contribution in [3.8, 4) is 11.3 Å². The van der Waals surface area contributed by atoms with E-state index in [-0.39, 0.29) is 17.9 Å². The van der Waals surface area contributed by atoms with E-state index in [1.54, 1.807) is 23.7 Å². The molecule has 6 heteroatoms. The van der Waals surface area contributed by atoms with Crippen molar-refractivity contribution in [2.75, 3.05) is 0 Å². The van der Waals surface area contributed by atoms with Gasteiger partial charge in [-0.25, -0.2) is 0 Å². The SMILES string of the molecule is CC(C)C(NC(=O)c1cn(Cc2ccccc2)nc1-c1cccnc1)c1cccs1. The van der Waals surface area contributed by atoms with Crippen molar-refractivity contribution < 1.29 is 4.79 Å². The minimum Gasteiger partial charge on any atom is -0.344 e. The summed E-state index contributed by atoms with van der Waals surface area (Å²) in [4.78, 5) is 18.7. The molecular formula is C24H24N4OS. The number of hydrogen-bond donors (Lipinski definition) is 1. The number of nitrogens with one attached hydrogen (secondary N) is 1. The van der Waals surface area contributed by atoms with E-state index in [2.05, 4.69) is 42.3 Å². The van der Waals surface area contributed by atoms with Crippen molar-refractivity contribution in [3.05, 3.63) is 94.6 Å². The zero-order valence-corrected chi connectivity index (χ0v) is 17.8. The van der Waals surface area contributed by atoms with Crippen LogP contribution in [0.2, 0.25) is 0 Å². The van der Waals surface area contributed by atoms with E-state index < -0.39 is 0 Å². The van der Waals surface area contributed by atoms with Crippen molar-refractivity contribution in [2.45, 2.75) is 26.4 Å². The number of benzene rings is 1. The third kappa shape index (κ3) is 4.49. The molecule has 1 N–H and O–H groups in total. The summed E-state index contributed by atoms with van der Waals surface area (Å²) < 4.78 is 1.82. The monoisotopic (exact) mass is 416 g/mol. The van der Waals surface area contributed by atoms with E-state index in [0.717, 1.165) is 16.0 Å². The summed E-state index contributed by atoms with van der Waals surface area (Å²) in [5, 5.41) is 9.99. The molecule has 0 radical (unpaired) electrons. The number of nitrogens with zero attached hydrogens (tertiary/aromatic N) is 3. The molecule has 152 valence electrons. The van der Waals surface area contributed by atoms with E-state index in [0.29, 0.717) is 17.8 Å². The van der Waals surface area contributed by atoms with Crippen LogP contribution in [0, 0.1) is 5.92 Å². The molecular weight excluding hydrogens is 392 g/mol. The minimum absolute atomic E-state index is 0.0447. The van der Waals surface area contributed by atoms with Gasteiger partial charge in [0.05, 0.1) is 18.2 Å². The summed E-state index contributed by atoms with van der Waals surface area (Å²) in [6, 6.07) is 17.9. The van der Waals surface area contributed by atoms with Crippen LogP contribution in [0.25, 0.3) is 11.3 Å². The molecule has 5 nitrogen and oxygen atoms in total. The maximum Gasteiger partial charge on any atom is 0.255 e. The molecule has 30 heavy (non-hydrogen) atoms. The molecule has 0 aliphatic rings. The highest BCUT2D eigenvalue weighted by atomic mass is 32.1. The van der Waals surface area contributed by atoms with Gasteiger partial charge in [-0.2, -0.15) is 5.10 Å². The van der Waals surface area contributed by atoms with Crippen LogP contribution in [0.3, 0.4) is 0 Å². The summed E-state index contributed by atoms with van der Waals surface area (Å²) in [6.07, 6.45) is 5.29. The van der Waals surface area contributed by atoms with Gasteiger partial charge in [0.15, 0.2) is 0 Å². The van der Waals surface area contributed by atoms with Gasteiger partial charge in [0.2, 0.25) is 0 Å². The third-order valence-corrected chi connectivity index (χ3v) is 5.89. The standard InChI is InChI=1S/C24H24N4OS/c1-17(2)22(21-11-7-13-30-21)26-24(29)20-16-28(15-18-8-4-3-5-9-18)27-23(20)19-10-6-12-25-14-19/h3-14,16-17,22H,15H2,1-2H3,(H,26,29). The Morgan fingerprint density at radius 2 is 1.93 bits per heavy atom. The van der Waals surface area contributed by atoms with Gasteiger partial charge in [-0.3, -0.25) is 14.5 Å². The topological polar surface area (TPSA) is 59.8 Å². The average molecular weight is 417 g/mol. The van der Waals surface area contributed by atoms with Crippen molar-refractivity contribution in [2.24, 2.45) is 5.92 Å². The Labute approximate surface area is 180 Å². The molecule has 1 atom stereocenters. The Hall–Kier alpha value is -3.25. The molecule has 0 saturated carbocycles. The van der Waals surface area contributed by atoms with Crippen LogP contribution in [0.15, 0.2) is 78.6 Å². The normalized spacial score (nSPS) is 12.1. The van der Waals surface area contributed by atoms with Gasteiger partial charge in [0.25, 0.3) is 5.91 Å². The summed E-state index contributed by atoms with van der Waals surface area (Å²) in [5.74, 6) is 0.147. The van der Waals surface area contributed by atoms with E-state index in [9.17, 15) is 4.79 Å². The molecule has 0 aliphatic heterocycles. The van der Waals surface area contributed by atoms with Crippen LogP contribution >= 0.6 is 11.3 Å². The Morgan fingerprint density at radius 3 is 2.60 bits per heavy atom. The molecule has 1 amide bonds. The molecule has 0 aliphatic carbocycles. The zero-order valence-electron chi connectivity index (χ0n) is 17.0. The van der Waals surface area contributed by atoms with Gasteiger partial charge < -0.3 is 5.32 Å². The highest BCUT2D eigenvalue weighted by Gasteiger charge is 2.24. The van der Waals surface area contributed by atoms with Gasteiger partial charge in [-0.05, 0) is 35.1 Å². The van der Waals surface area contributed by atoms with Crippen LogP contribution in [0.5, 0.6) is 0 Å². The quantitative estimate of drug-likeness (QED) is 0.451. The summed E-state index contributed by atoms with van der Waals surface area (Å²) in [6.45, 7) is 4.83. The molecule has 0 bridgehead atoms. The summed E-state index contributed by atoms with van der Waals surface area (Å²) in [7, 11) is 0. The fourth-order valence-corrected chi connectivity index (χ4v) is 4.36. The zero-order chi connectivity index (χ0) is 20.9. The van der Waals surface area contributed by atoms with E-state index in [4.69, 9.17) is 5.10 Å². The predicted octanol–water partition coefficient (Wildman–Crippen LogP) is 5.18. The third-order valence-electron chi connectivity index (χ3n) is 4.93. The fourth-order valence-electron chi connectivity index (χ4n) is 3.41. The lowest BCUT2D eigenvalue weighted by molar-refractivity contribution is 0.0927. The van der Waals surface area contributed by atoms with Crippen LogP contribution in [0.1, 0.15) is 40.7 Å². The predicted molar refractivity (Wildman–Crippen MR) is 120 cm³/mol. The molecule has 0 fully saturated rings. The molecule has 4 rings (SSSR count). The smallest absolute Gasteiger partial charge is 0.255 e. The molecule has 1 aromatic carbocycles. The van der Waals surface area contributed by atoms with E-state index in [1.165, 1.54) is 0 Å². The van der Waals surface area contributed by atoms with Crippen molar-refractivity contribution >= 4 is 17.2 Å². The second-order valence-corrected chi connectivity index (χ2v) is 8.51. The van der Waals surface area contributed by atoms with E-state index >= 15 is 0 Å². The average Bonchev–Trinajstić information content (AvgIpc) is 3.43. The highest BCUT2D eigenvalue weighted by Crippen LogP contribution is 2.28. The largest absolute Gasteiger partial charge is 0.344 e. The molecule has 1 unspecified atom stereocenters. The minimum atomic E-state index is -0.125. The number of rotatable bonds is 7. The Morgan fingerprint density at radius 1 is 1.10 bits per heavy atom. The molecule has 3 aromatic heterocycles. The van der Waals surface area contributed by atoms with Crippen LogP contribution < -0.4 is 5.32 Å². The first kappa shape index (κ1) is 20.0. The lowest BCUT2D eigenvalue weighted by Crippen LogP contribution is -2.31. The Balaban J connectivity index is 1.67. The fraction of sp³-hybridized carbons (Fsp3) is 0.208. The molecule has 0 saturated heterocycles. The van der Waals surface area contributed by atoms with E-state index in [1.807, 2.05) is 52.7 Å². The van der Waals surface area contributed by atoms with Crippen LogP contribution in [0.4, 0.5) is 0 Å². The second-order valence-electron chi connectivity index (χ2n) is 7.53. The van der Waals surface area contributed by atoms with Gasteiger partial charge in [0.1, 0.15) is 5.69 Å². The number of carbonyl (C=O) groups excluding carboxylic acids is 1. The molecule has 3 heterocycles. The number of carbonyl (C=O) groups is 1. The van der Waals surface area contributed by atoms with Crippen molar-refractivity contribution in [1.29, 1.82) is 0 Å². The maximum atomic E-state index is 13.3. The lowest BCUT2D eigenvalue weighted by atomic mass is 10.0. The molecule has 0 spiro atoms. The van der Waals surface area contributed by atoms with Crippen molar-refractivity contribution in [1.82, 2.24) is 20.1 Å². The second kappa shape index (κ2) is 9.05. The number of aromatic nitrogens is 3. The Bertz CT molecular complexity index is 1090. The lowest BCUT2D eigenvalue weighted by Gasteiger charge is -2.21. The van der Waals surface area contributed by atoms with Gasteiger partial charge >= 0.3 is 0 Å². The number of amides is 1.